The third-order valence-electron chi connectivity index (χ3n) is 2.30. The van der Waals surface area contributed by atoms with Crippen LogP contribution in [0.1, 0.15) is 5.56 Å². The molecule has 0 fully saturated rings. The first-order valence-electron chi connectivity index (χ1n) is 4.73. The summed E-state index contributed by atoms with van der Waals surface area (Å²) in [5.41, 5.74) is 3.22. The van der Waals surface area contributed by atoms with E-state index >= 15 is 0 Å². The maximum Gasteiger partial charge on any atom is 0.224 e. The van der Waals surface area contributed by atoms with Crippen molar-refractivity contribution in [3.63, 3.8) is 0 Å². The Bertz CT molecular complexity index is 469. The second-order valence-corrected chi connectivity index (χ2v) is 3.26. The Morgan fingerprint density at radius 3 is 2.67 bits per heavy atom. The van der Waals surface area contributed by atoms with Crippen LogP contribution in [0.15, 0.2) is 36.8 Å². The van der Waals surface area contributed by atoms with Gasteiger partial charge in [-0.05, 0) is 18.1 Å². The van der Waals surface area contributed by atoms with Crippen LogP contribution < -0.4 is 4.74 Å². The fraction of sp³-hybridized carbons (Fsp3) is 0.167. The highest BCUT2D eigenvalue weighted by molar-refractivity contribution is 5.70. The third kappa shape index (κ3) is 1.81. The van der Waals surface area contributed by atoms with Crippen LogP contribution in [0.3, 0.4) is 0 Å². The average Bonchev–Trinajstić information content (AvgIpc) is 2.30. The number of nitrogens with zero attached hydrogens (tertiary/aromatic N) is 2. The monoisotopic (exact) mass is 200 g/mol. The molecule has 0 unspecified atom stereocenters. The Morgan fingerprint density at radius 1 is 1.13 bits per heavy atom. The summed E-state index contributed by atoms with van der Waals surface area (Å²) in [6.45, 7) is 2.06. The molecule has 0 saturated heterocycles. The fourth-order valence-corrected chi connectivity index (χ4v) is 1.54. The molecule has 3 heteroatoms. The van der Waals surface area contributed by atoms with Crippen LogP contribution in [0.2, 0.25) is 0 Å². The minimum Gasteiger partial charge on any atom is -0.480 e. The molecule has 0 aliphatic carbocycles. The van der Waals surface area contributed by atoms with Gasteiger partial charge in [0.15, 0.2) is 0 Å². The van der Waals surface area contributed by atoms with Gasteiger partial charge < -0.3 is 4.74 Å². The van der Waals surface area contributed by atoms with Gasteiger partial charge in [0.05, 0.1) is 12.7 Å². The summed E-state index contributed by atoms with van der Waals surface area (Å²) in [4.78, 5) is 8.10. The summed E-state index contributed by atoms with van der Waals surface area (Å²) in [6.07, 6.45) is 3.26. The zero-order valence-corrected chi connectivity index (χ0v) is 8.77. The lowest BCUT2D eigenvalue weighted by molar-refractivity contribution is 0.398. The lowest BCUT2D eigenvalue weighted by Crippen LogP contribution is -1.93. The molecule has 1 heterocycles. The lowest BCUT2D eigenvalue weighted by atomic mass is 10.0. The van der Waals surface area contributed by atoms with Crippen LogP contribution in [0, 0.1) is 6.92 Å². The van der Waals surface area contributed by atoms with Crippen LogP contribution in [0.4, 0.5) is 0 Å². The molecular weight excluding hydrogens is 188 g/mol. The number of methoxy groups -OCH3 is 1. The van der Waals surface area contributed by atoms with Crippen LogP contribution >= 0.6 is 0 Å². The highest BCUT2D eigenvalue weighted by atomic mass is 16.5. The molecule has 15 heavy (non-hydrogen) atoms. The van der Waals surface area contributed by atoms with Crippen LogP contribution in [0.25, 0.3) is 11.1 Å². The Hall–Kier alpha value is -1.90. The lowest BCUT2D eigenvalue weighted by Gasteiger charge is -2.08. The van der Waals surface area contributed by atoms with E-state index in [0.29, 0.717) is 5.88 Å². The van der Waals surface area contributed by atoms with Crippen LogP contribution in [0.5, 0.6) is 5.88 Å². The standard InChI is InChI=1S/C12H12N2O/c1-9-5-3-4-6-10(9)11-7-13-8-14-12(11)15-2/h3-8H,1-2H3. The first-order chi connectivity index (χ1) is 7.33. The van der Waals surface area contributed by atoms with E-state index in [0.717, 1.165) is 11.1 Å². The number of rotatable bonds is 2. The zero-order chi connectivity index (χ0) is 10.7. The summed E-state index contributed by atoms with van der Waals surface area (Å²) in [5, 5.41) is 0. The Balaban J connectivity index is 2.59. The van der Waals surface area contributed by atoms with Crippen molar-refractivity contribution in [3.8, 4) is 17.0 Å². The Morgan fingerprint density at radius 2 is 1.93 bits per heavy atom. The molecule has 0 spiro atoms. The van der Waals surface area contributed by atoms with Gasteiger partial charge in [-0.25, -0.2) is 9.97 Å². The minimum atomic E-state index is 0.610. The second kappa shape index (κ2) is 4.09. The van der Waals surface area contributed by atoms with Crippen molar-refractivity contribution in [1.82, 2.24) is 9.97 Å². The predicted molar refractivity (Wildman–Crippen MR) is 58.8 cm³/mol. The van der Waals surface area contributed by atoms with Crippen molar-refractivity contribution in [1.29, 1.82) is 0 Å². The van der Waals surface area contributed by atoms with Crippen molar-refractivity contribution in [3.05, 3.63) is 42.4 Å². The molecule has 0 saturated carbocycles. The van der Waals surface area contributed by atoms with E-state index in [-0.39, 0.29) is 0 Å². The first-order valence-corrected chi connectivity index (χ1v) is 4.73. The van der Waals surface area contributed by atoms with E-state index in [1.807, 2.05) is 18.2 Å². The molecule has 0 aliphatic heterocycles. The number of aryl methyl sites for hydroxylation is 1. The highest BCUT2D eigenvalue weighted by Crippen LogP contribution is 2.28. The van der Waals surface area contributed by atoms with Gasteiger partial charge >= 0.3 is 0 Å². The molecule has 0 amide bonds. The summed E-state index contributed by atoms with van der Waals surface area (Å²) < 4.78 is 5.20. The van der Waals surface area contributed by atoms with Crippen molar-refractivity contribution in [2.24, 2.45) is 0 Å². The molecule has 0 bridgehead atoms. The van der Waals surface area contributed by atoms with Crippen LogP contribution in [-0.2, 0) is 0 Å². The first kappa shape index (κ1) is 9.65. The van der Waals surface area contributed by atoms with Crippen molar-refractivity contribution in [2.45, 2.75) is 6.92 Å². The molecule has 2 aromatic rings. The fourth-order valence-electron chi connectivity index (χ4n) is 1.54. The van der Waals surface area contributed by atoms with Crippen LogP contribution in [-0.4, -0.2) is 17.1 Å². The van der Waals surface area contributed by atoms with Gasteiger partial charge in [-0.15, -0.1) is 0 Å². The van der Waals surface area contributed by atoms with Gasteiger partial charge in [-0.3, -0.25) is 0 Å². The molecule has 0 radical (unpaired) electrons. The maximum atomic E-state index is 5.20. The van der Waals surface area contributed by atoms with Gasteiger partial charge in [0.2, 0.25) is 5.88 Å². The van der Waals surface area contributed by atoms with E-state index in [1.54, 1.807) is 13.3 Å². The number of aromatic nitrogens is 2. The van der Waals surface area contributed by atoms with E-state index in [9.17, 15) is 0 Å². The molecule has 0 N–H and O–H groups in total. The molecule has 2 rings (SSSR count). The van der Waals surface area contributed by atoms with E-state index in [4.69, 9.17) is 4.74 Å². The van der Waals surface area contributed by atoms with Crippen molar-refractivity contribution < 1.29 is 4.74 Å². The van der Waals surface area contributed by atoms with Gasteiger partial charge in [0, 0.05) is 6.20 Å². The Labute approximate surface area is 88.8 Å². The number of hydrogen-bond acceptors (Lipinski definition) is 3. The Kier molecular flexibility index (Phi) is 2.63. The summed E-state index contributed by atoms with van der Waals surface area (Å²) in [6, 6.07) is 8.10. The summed E-state index contributed by atoms with van der Waals surface area (Å²) in [7, 11) is 1.62. The molecule has 1 aromatic carbocycles. The molecular formula is C12H12N2O. The summed E-state index contributed by atoms with van der Waals surface area (Å²) in [5.74, 6) is 0.610. The number of ether oxygens (including phenoxy) is 1. The van der Waals surface area contributed by atoms with Crippen molar-refractivity contribution >= 4 is 0 Å². The molecule has 76 valence electrons. The number of benzene rings is 1. The number of hydrogen-bond donors (Lipinski definition) is 0. The van der Waals surface area contributed by atoms with Gasteiger partial charge in [0.1, 0.15) is 6.33 Å². The predicted octanol–water partition coefficient (Wildman–Crippen LogP) is 2.46. The molecule has 3 nitrogen and oxygen atoms in total. The second-order valence-electron chi connectivity index (χ2n) is 3.26. The van der Waals surface area contributed by atoms with Gasteiger partial charge in [-0.1, -0.05) is 24.3 Å². The third-order valence-corrected chi connectivity index (χ3v) is 2.30. The normalized spacial score (nSPS) is 10.0. The molecule has 0 aliphatic rings. The highest BCUT2D eigenvalue weighted by Gasteiger charge is 2.08. The summed E-state index contributed by atoms with van der Waals surface area (Å²) >= 11 is 0. The van der Waals surface area contributed by atoms with E-state index < -0.39 is 0 Å². The minimum absolute atomic E-state index is 0.610. The van der Waals surface area contributed by atoms with E-state index in [2.05, 4.69) is 23.0 Å². The largest absolute Gasteiger partial charge is 0.480 e. The molecule has 0 atom stereocenters. The van der Waals surface area contributed by atoms with Crippen molar-refractivity contribution in [2.75, 3.05) is 7.11 Å². The van der Waals surface area contributed by atoms with E-state index in [1.165, 1.54) is 11.9 Å². The smallest absolute Gasteiger partial charge is 0.224 e. The average molecular weight is 200 g/mol. The van der Waals surface area contributed by atoms with Gasteiger partial charge in [-0.2, -0.15) is 0 Å². The maximum absolute atomic E-state index is 5.20. The SMILES string of the molecule is COc1ncncc1-c1ccccc1C. The quantitative estimate of drug-likeness (QED) is 0.747. The van der Waals surface area contributed by atoms with Gasteiger partial charge in [0.25, 0.3) is 0 Å². The zero-order valence-electron chi connectivity index (χ0n) is 8.77. The molecule has 1 aromatic heterocycles. The topological polar surface area (TPSA) is 35.0 Å².